The van der Waals surface area contributed by atoms with E-state index in [9.17, 15) is 4.79 Å². The van der Waals surface area contributed by atoms with Gasteiger partial charge in [0.05, 0.1) is 6.61 Å². The normalized spacial score (nSPS) is 12.5. The highest BCUT2D eigenvalue weighted by atomic mass is 16.5. The molecule has 0 aromatic carbocycles. The summed E-state index contributed by atoms with van der Waals surface area (Å²) in [5.41, 5.74) is 0. The van der Waals surface area contributed by atoms with Crippen LogP contribution in [-0.4, -0.2) is 25.2 Å². The van der Waals surface area contributed by atoms with Crippen molar-refractivity contribution in [1.29, 1.82) is 0 Å². The van der Waals surface area contributed by atoms with Crippen LogP contribution in [-0.2, 0) is 9.53 Å². The number of unbranched alkanes of at least 4 members (excludes halogenated alkanes) is 1. The Hall–Kier alpha value is -0.570. The minimum atomic E-state index is -0.185. The average Bonchev–Trinajstić information content (AvgIpc) is 2.10. The van der Waals surface area contributed by atoms with Crippen LogP contribution < -0.4 is 5.32 Å². The summed E-state index contributed by atoms with van der Waals surface area (Å²) in [5, 5.41) is 3.38. The first-order valence-electron chi connectivity index (χ1n) is 5.03. The van der Waals surface area contributed by atoms with E-state index >= 15 is 0 Å². The molecule has 0 aromatic heterocycles. The van der Waals surface area contributed by atoms with Crippen molar-refractivity contribution in [2.24, 2.45) is 0 Å². The predicted octanol–water partition coefficient (Wildman–Crippen LogP) is 1.72. The highest BCUT2D eigenvalue weighted by Crippen LogP contribution is 1.92. The van der Waals surface area contributed by atoms with Gasteiger partial charge in [-0.05, 0) is 32.7 Å². The Bertz CT molecular complexity index is 137. The lowest BCUT2D eigenvalue weighted by atomic mass is 10.2. The number of hydrogen-bond acceptors (Lipinski definition) is 3. The monoisotopic (exact) mass is 187 g/mol. The van der Waals surface area contributed by atoms with Crippen molar-refractivity contribution in [1.82, 2.24) is 5.32 Å². The molecule has 1 atom stereocenters. The molecular weight excluding hydrogens is 166 g/mol. The number of carbonyl (C=O) groups excluding carboxylic acids is 1. The zero-order valence-corrected chi connectivity index (χ0v) is 8.93. The molecule has 0 aliphatic carbocycles. The van der Waals surface area contributed by atoms with Crippen LogP contribution in [0.4, 0.5) is 0 Å². The summed E-state index contributed by atoms with van der Waals surface area (Å²) in [5.74, 6) is -0.185. The fourth-order valence-electron chi connectivity index (χ4n) is 0.936. The smallest absolute Gasteiger partial charge is 0.302 e. The van der Waals surface area contributed by atoms with E-state index in [0.717, 1.165) is 25.8 Å². The van der Waals surface area contributed by atoms with Crippen molar-refractivity contribution in [3.8, 4) is 0 Å². The van der Waals surface area contributed by atoms with Crippen LogP contribution in [0.5, 0.6) is 0 Å². The molecule has 0 rings (SSSR count). The Balaban J connectivity index is 3.04. The van der Waals surface area contributed by atoms with Gasteiger partial charge in [0, 0.05) is 13.0 Å². The van der Waals surface area contributed by atoms with Crippen molar-refractivity contribution < 1.29 is 9.53 Å². The van der Waals surface area contributed by atoms with Gasteiger partial charge in [0.25, 0.3) is 0 Å². The zero-order chi connectivity index (χ0) is 10.1. The Labute approximate surface area is 80.8 Å². The molecule has 0 bridgehead atoms. The Morgan fingerprint density at radius 3 is 2.69 bits per heavy atom. The molecule has 3 nitrogen and oxygen atoms in total. The van der Waals surface area contributed by atoms with Gasteiger partial charge in [0.1, 0.15) is 0 Å². The van der Waals surface area contributed by atoms with E-state index < -0.39 is 0 Å². The van der Waals surface area contributed by atoms with Crippen molar-refractivity contribution in [3.63, 3.8) is 0 Å². The maximum Gasteiger partial charge on any atom is 0.302 e. The maximum atomic E-state index is 10.4. The van der Waals surface area contributed by atoms with Gasteiger partial charge in [-0.2, -0.15) is 0 Å². The third kappa shape index (κ3) is 9.34. The van der Waals surface area contributed by atoms with Crippen molar-refractivity contribution >= 4 is 5.97 Å². The van der Waals surface area contributed by atoms with E-state index in [1.54, 1.807) is 0 Å². The van der Waals surface area contributed by atoms with E-state index in [1.807, 2.05) is 0 Å². The molecule has 0 heterocycles. The molecule has 3 heteroatoms. The van der Waals surface area contributed by atoms with E-state index in [0.29, 0.717) is 12.6 Å². The van der Waals surface area contributed by atoms with Crippen LogP contribution in [0.1, 0.15) is 40.0 Å². The molecule has 1 unspecified atom stereocenters. The molecule has 0 radical (unpaired) electrons. The van der Waals surface area contributed by atoms with Crippen LogP contribution in [0.15, 0.2) is 0 Å². The summed E-state index contributed by atoms with van der Waals surface area (Å²) in [4.78, 5) is 10.4. The zero-order valence-electron chi connectivity index (χ0n) is 8.93. The largest absolute Gasteiger partial charge is 0.466 e. The van der Waals surface area contributed by atoms with Gasteiger partial charge in [0.2, 0.25) is 0 Å². The first kappa shape index (κ1) is 12.4. The summed E-state index contributed by atoms with van der Waals surface area (Å²) in [6.07, 6.45) is 3.17. The molecule has 13 heavy (non-hydrogen) atoms. The summed E-state index contributed by atoms with van der Waals surface area (Å²) in [6.45, 7) is 7.34. The summed E-state index contributed by atoms with van der Waals surface area (Å²) in [7, 11) is 0. The van der Waals surface area contributed by atoms with E-state index in [1.165, 1.54) is 6.92 Å². The quantitative estimate of drug-likeness (QED) is 0.487. The Morgan fingerprint density at radius 2 is 2.15 bits per heavy atom. The number of esters is 1. The van der Waals surface area contributed by atoms with E-state index in [2.05, 4.69) is 19.2 Å². The molecular formula is C10H21NO2. The molecule has 0 spiro atoms. The number of ether oxygens (including phenoxy) is 1. The number of rotatable bonds is 7. The van der Waals surface area contributed by atoms with Crippen LogP contribution in [0.25, 0.3) is 0 Å². The molecule has 0 saturated carbocycles. The second-order valence-corrected chi connectivity index (χ2v) is 3.31. The van der Waals surface area contributed by atoms with Gasteiger partial charge < -0.3 is 10.1 Å². The van der Waals surface area contributed by atoms with E-state index in [-0.39, 0.29) is 5.97 Å². The lowest BCUT2D eigenvalue weighted by molar-refractivity contribution is -0.141. The summed E-state index contributed by atoms with van der Waals surface area (Å²) < 4.78 is 4.81. The first-order valence-corrected chi connectivity index (χ1v) is 5.03. The van der Waals surface area contributed by atoms with Gasteiger partial charge in [-0.1, -0.05) is 6.92 Å². The van der Waals surface area contributed by atoms with Crippen LogP contribution in [0.3, 0.4) is 0 Å². The van der Waals surface area contributed by atoms with Gasteiger partial charge in [-0.25, -0.2) is 0 Å². The van der Waals surface area contributed by atoms with E-state index in [4.69, 9.17) is 4.74 Å². The highest BCUT2D eigenvalue weighted by molar-refractivity contribution is 5.65. The van der Waals surface area contributed by atoms with Crippen molar-refractivity contribution in [2.75, 3.05) is 13.2 Å². The maximum absolute atomic E-state index is 10.4. The molecule has 0 amide bonds. The molecule has 0 fully saturated rings. The predicted molar refractivity (Wildman–Crippen MR) is 53.6 cm³/mol. The molecule has 0 aliphatic rings. The van der Waals surface area contributed by atoms with Gasteiger partial charge >= 0.3 is 5.97 Å². The molecule has 78 valence electrons. The standard InChI is InChI=1S/C10H21NO2/c1-4-9(2)11-7-5-6-8-13-10(3)12/h9,11H,4-8H2,1-3H3. The summed E-state index contributed by atoms with van der Waals surface area (Å²) >= 11 is 0. The fraction of sp³-hybridized carbons (Fsp3) is 0.900. The van der Waals surface area contributed by atoms with Gasteiger partial charge in [-0.3, -0.25) is 4.79 Å². The third-order valence-corrected chi connectivity index (χ3v) is 1.98. The average molecular weight is 187 g/mol. The van der Waals surface area contributed by atoms with Crippen LogP contribution in [0, 0.1) is 0 Å². The Morgan fingerprint density at radius 1 is 1.46 bits per heavy atom. The summed E-state index contributed by atoms with van der Waals surface area (Å²) in [6, 6.07) is 0.591. The molecule has 0 saturated heterocycles. The number of hydrogen-bond donors (Lipinski definition) is 1. The highest BCUT2D eigenvalue weighted by Gasteiger charge is 1.96. The molecule has 0 aliphatic heterocycles. The Kier molecular flexibility index (Phi) is 7.69. The van der Waals surface area contributed by atoms with Gasteiger partial charge in [0.15, 0.2) is 0 Å². The van der Waals surface area contributed by atoms with Crippen molar-refractivity contribution in [3.05, 3.63) is 0 Å². The minimum Gasteiger partial charge on any atom is -0.466 e. The van der Waals surface area contributed by atoms with Crippen molar-refractivity contribution in [2.45, 2.75) is 46.1 Å². The number of carbonyl (C=O) groups is 1. The molecule has 0 aromatic rings. The SMILES string of the molecule is CCC(C)NCCCCOC(C)=O. The second kappa shape index (κ2) is 8.05. The number of nitrogens with one attached hydrogen (secondary N) is 1. The second-order valence-electron chi connectivity index (χ2n) is 3.31. The van der Waals surface area contributed by atoms with Crippen LogP contribution in [0.2, 0.25) is 0 Å². The van der Waals surface area contributed by atoms with Gasteiger partial charge in [-0.15, -0.1) is 0 Å². The lowest BCUT2D eigenvalue weighted by Crippen LogP contribution is -2.26. The lowest BCUT2D eigenvalue weighted by Gasteiger charge is -2.10. The third-order valence-electron chi connectivity index (χ3n) is 1.98. The minimum absolute atomic E-state index is 0.185. The first-order chi connectivity index (χ1) is 6.16. The van der Waals surface area contributed by atoms with Crippen LogP contribution >= 0.6 is 0 Å². The topological polar surface area (TPSA) is 38.3 Å². The molecule has 1 N–H and O–H groups in total. The fourth-order valence-corrected chi connectivity index (χ4v) is 0.936.